The molecule has 3 N–H and O–H groups in total. The van der Waals surface area contributed by atoms with Gasteiger partial charge in [-0.05, 0) is 49.8 Å². The van der Waals surface area contributed by atoms with E-state index < -0.39 is 35.1 Å². The number of hydrogen-bond acceptors (Lipinski definition) is 7. The maximum atomic E-state index is 13.1. The van der Waals surface area contributed by atoms with Crippen LogP contribution in [0.25, 0.3) is 0 Å². The number of carbonyl (C=O) groups excluding carboxylic acids is 4. The quantitative estimate of drug-likeness (QED) is 0.235. The fourth-order valence-corrected chi connectivity index (χ4v) is 3.89. The topological polar surface area (TPSA) is 130 Å². The third-order valence-corrected chi connectivity index (χ3v) is 6.03. The van der Waals surface area contributed by atoms with Crippen molar-refractivity contribution in [3.63, 3.8) is 0 Å². The number of fused-ring (bicyclic) bond motifs is 1. The number of halogens is 1. The molecule has 0 aliphatic heterocycles. The second-order valence-electron chi connectivity index (χ2n) is 8.55. The van der Waals surface area contributed by atoms with Crippen LogP contribution in [0.5, 0.6) is 11.5 Å². The molecule has 1 amide bonds. The minimum Gasteiger partial charge on any atom is -0.507 e. The number of carbonyl (C=O) groups is 4. The number of aromatic hydroxyl groups is 2. The Morgan fingerprint density at radius 3 is 2.28 bits per heavy atom. The molecule has 0 heterocycles. The van der Waals surface area contributed by atoms with Crippen LogP contribution >= 0.6 is 15.9 Å². The van der Waals surface area contributed by atoms with E-state index in [9.17, 15) is 29.4 Å². The van der Waals surface area contributed by atoms with E-state index in [1.165, 1.54) is 0 Å². The Labute approximate surface area is 216 Å². The minimum absolute atomic E-state index is 0.112. The predicted molar refractivity (Wildman–Crippen MR) is 136 cm³/mol. The van der Waals surface area contributed by atoms with Crippen molar-refractivity contribution in [2.75, 3.05) is 0 Å². The number of Topliss-reactive ketones (excluding diaryl/α,β-unsaturated/α-hetero) is 1. The van der Waals surface area contributed by atoms with Crippen molar-refractivity contribution < 1.29 is 34.1 Å². The van der Waals surface area contributed by atoms with E-state index in [0.717, 1.165) is 33.8 Å². The Kier molecular flexibility index (Phi) is 8.82. The standard InChI is InChI=1S/C27H26BrNO7/c1-15(2)3-10-22(18-13-21(32)25-19(30)8-9-20(31)26(25)27(18)35)36-24(34)12-11-23(33)29-14-16-4-6-17(28)7-5-16/h3-9,13,22,30-31H,10-12,14H2,1-2H3,(H,29,33)/t22-/m1/s1. The molecule has 188 valence electrons. The molecule has 0 saturated heterocycles. The van der Waals surface area contributed by atoms with E-state index in [1.807, 2.05) is 38.1 Å². The van der Waals surface area contributed by atoms with E-state index in [2.05, 4.69) is 21.2 Å². The highest BCUT2D eigenvalue weighted by molar-refractivity contribution is 9.10. The molecular weight excluding hydrogens is 530 g/mol. The SMILES string of the molecule is CC(C)=CC[C@@H](OC(=O)CCC(=O)NCc1ccc(Br)cc1)C1=CC(=O)c2c(O)ccc(O)c2C1=O. The fraction of sp³-hybridized carbons (Fsp3) is 0.259. The van der Waals surface area contributed by atoms with Gasteiger partial charge in [-0.1, -0.05) is 39.7 Å². The molecule has 9 heteroatoms. The Bertz CT molecular complexity index is 1260. The summed E-state index contributed by atoms with van der Waals surface area (Å²) in [5.41, 5.74) is 1.07. The van der Waals surface area contributed by atoms with Gasteiger partial charge in [0.25, 0.3) is 0 Å². The van der Waals surface area contributed by atoms with Crippen LogP contribution in [0.4, 0.5) is 0 Å². The maximum absolute atomic E-state index is 13.1. The minimum atomic E-state index is -1.11. The van der Waals surface area contributed by atoms with Crippen LogP contribution in [-0.4, -0.2) is 39.8 Å². The molecule has 0 aromatic heterocycles. The summed E-state index contributed by atoms with van der Waals surface area (Å²) < 4.78 is 6.44. The smallest absolute Gasteiger partial charge is 0.306 e. The monoisotopic (exact) mass is 555 g/mol. The van der Waals surface area contributed by atoms with Crippen molar-refractivity contribution in [1.82, 2.24) is 5.32 Å². The molecule has 2 aromatic carbocycles. The molecular formula is C27H26BrNO7. The van der Waals surface area contributed by atoms with Gasteiger partial charge in [0.2, 0.25) is 5.91 Å². The first-order chi connectivity index (χ1) is 17.1. The number of phenols is 2. The molecule has 0 fully saturated rings. The van der Waals surface area contributed by atoms with Crippen molar-refractivity contribution in [3.8, 4) is 11.5 Å². The Morgan fingerprint density at radius 1 is 1.00 bits per heavy atom. The molecule has 0 saturated carbocycles. The van der Waals surface area contributed by atoms with E-state index in [1.54, 1.807) is 6.08 Å². The highest BCUT2D eigenvalue weighted by atomic mass is 79.9. The van der Waals surface area contributed by atoms with E-state index in [4.69, 9.17) is 4.74 Å². The number of esters is 1. The number of benzene rings is 2. The number of nitrogens with one attached hydrogen (secondary N) is 1. The molecule has 0 spiro atoms. The molecule has 1 aliphatic carbocycles. The van der Waals surface area contributed by atoms with Crippen LogP contribution < -0.4 is 5.32 Å². The van der Waals surface area contributed by atoms with Crippen LogP contribution in [0.2, 0.25) is 0 Å². The highest BCUT2D eigenvalue weighted by Crippen LogP contribution is 2.36. The maximum Gasteiger partial charge on any atom is 0.306 e. The van der Waals surface area contributed by atoms with Crippen LogP contribution in [0, 0.1) is 0 Å². The number of amides is 1. The number of allylic oxidation sites excluding steroid dienone is 2. The van der Waals surface area contributed by atoms with Crippen molar-refractivity contribution in [2.24, 2.45) is 0 Å². The number of hydrogen-bond donors (Lipinski definition) is 3. The average Bonchev–Trinajstić information content (AvgIpc) is 2.83. The first kappa shape index (κ1) is 26.9. The number of rotatable bonds is 9. The summed E-state index contributed by atoms with van der Waals surface area (Å²) in [7, 11) is 0. The van der Waals surface area contributed by atoms with Gasteiger partial charge in [0.1, 0.15) is 17.6 Å². The van der Waals surface area contributed by atoms with Gasteiger partial charge in [-0.15, -0.1) is 0 Å². The lowest BCUT2D eigenvalue weighted by atomic mass is 9.85. The van der Waals surface area contributed by atoms with Gasteiger partial charge in [-0.2, -0.15) is 0 Å². The van der Waals surface area contributed by atoms with Crippen LogP contribution in [0.15, 0.2) is 64.2 Å². The van der Waals surface area contributed by atoms with Gasteiger partial charge in [-0.3, -0.25) is 19.2 Å². The normalized spacial score (nSPS) is 13.4. The van der Waals surface area contributed by atoms with E-state index in [-0.39, 0.29) is 41.9 Å². The molecule has 8 nitrogen and oxygen atoms in total. The Hall–Kier alpha value is -3.72. The third kappa shape index (κ3) is 6.69. The lowest BCUT2D eigenvalue weighted by Gasteiger charge is -2.23. The molecule has 0 radical (unpaired) electrons. The van der Waals surface area contributed by atoms with Crippen LogP contribution in [0.3, 0.4) is 0 Å². The summed E-state index contributed by atoms with van der Waals surface area (Å²) in [5.74, 6) is -3.34. The Morgan fingerprint density at radius 2 is 1.64 bits per heavy atom. The summed E-state index contributed by atoms with van der Waals surface area (Å²) in [5, 5.41) is 22.9. The van der Waals surface area contributed by atoms with Crippen molar-refractivity contribution >= 4 is 39.4 Å². The fourth-order valence-electron chi connectivity index (χ4n) is 3.63. The summed E-state index contributed by atoms with van der Waals surface area (Å²) >= 11 is 3.35. The number of ether oxygens (including phenoxy) is 1. The van der Waals surface area contributed by atoms with Crippen LogP contribution in [-0.2, 0) is 20.9 Å². The van der Waals surface area contributed by atoms with Crippen molar-refractivity contribution in [1.29, 1.82) is 0 Å². The van der Waals surface area contributed by atoms with Crippen LogP contribution in [0.1, 0.15) is 59.4 Å². The van der Waals surface area contributed by atoms with Gasteiger partial charge >= 0.3 is 5.97 Å². The second kappa shape index (κ2) is 11.8. The van der Waals surface area contributed by atoms with E-state index >= 15 is 0 Å². The zero-order chi connectivity index (χ0) is 26.4. The zero-order valence-corrected chi connectivity index (χ0v) is 21.4. The Balaban J connectivity index is 1.68. The number of phenolic OH excluding ortho intramolecular Hbond substituents is 2. The largest absolute Gasteiger partial charge is 0.507 e. The third-order valence-electron chi connectivity index (χ3n) is 5.50. The lowest BCUT2D eigenvalue weighted by Crippen LogP contribution is -2.30. The number of ketones is 2. The summed E-state index contributed by atoms with van der Waals surface area (Å²) in [6.45, 7) is 3.97. The molecule has 1 aliphatic rings. The van der Waals surface area contributed by atoms with Gasteiger partial charge in [-0.25, -0.2) is 0 Å². The van der Waals surface area contributed by atoms with E-state index in [0.29, 0.717) is 6.54 Å². The molecule has 0 unspecified atom stereocenters. The van der Waals surface area contributed by atoms with Gasteiger partial charge in [0.15, 0.2) is 11.6 Å². The molecule has 0 bridgehead atoms. The van der Waals surface area contributed by atoms with Crippen molar-refractivity contribution in [3.05, 3.63) is 80.9 Å². The molecule has 36 heavy (non-hydrogen) atoms. The zero-order valence-electron chi connectivity index (χ0n) is 19.8. The van der Waals surface area contributed by atoms with Gasteiger partial charge < -0.3 is 20.3 Å². The summed E-state index contributed by atoms with van der Waals surface area (Å²) in [6.07, 6.45) is 1.43. The molecule has 1 atom stereocenters. The molecule has 3 rings (SSSR count). The average molecular weight is 556 g/mol. The second-order valence-corrected chi connectivity index (χ2v) is 9.46. The van der Waals surface area contributed by atoms with Crippen molar-refractivity contribution in [2.45, 2.75) is 45.8 Å². The lowest BCUT2D eigenvalue weighted by molar-refractivity contribution is -0.148. The summed E-state index contributed by atoms with van der Waals surface area (Å²) in [6, 6.07) is 9.68. The summed E-state index contributed by atoms with van der Waals surface area (Å²) in [4.78, 5) is 50.6. The predicted octanol–water partition coefficient (Wildman–Crippen LogP) is 4.53. The van der Waals surface area contributed by atoms with Gasteiger partial charge in [0, 0.05) is 29.4 Å². The first-order valence-electron chi connectivity index (χ1n) is 11.3. The highest BCUT2D eigenvalue weighted by Gasteiger charge is 2.35. The van der Waals surface area contributed by atoms with Gasteiger partial charge in [0.05, 0.1) is 17.5 Å². The first-order valence-corrected chi connectivity index (χ1v) is 12.1. The molecule has 2 aromatic rings.